The number of benzene rings is 8. The van der Waals surface area contributed by atoms with Crippen LogP contribution >= 0.6 is 0 Å². The van der Waals surface area contributed by atoms with E-state index in [1.54, 1.807) is 0 Å². The minimum atomic E-state index is -0.0737. The summed E-state index contributed by atoms with van der Waals surface area (Å²) < 4.78 is 5.04. The van der Waals surface area contributed by atoms with Crippen molar-refractivity contribution in [1.82, 2.24) is 9.13 Å². The van der Waals surface area contributed by atoms with Gasteiger partial charge in [-0.3, -0.25) is 0 Å². The Morgan fingerprint density at radius 1 is 0.456 bits per heavy atom. The van der Waals surface area contributed by atoms with Crippen LogP contribution in [0, 0.1) is 0 Å². The number of aromatic nitrogens is 2. The number of nitrogens with zero attached hydrogens (tertiary/aromatic N) is 2. The minimum Gasteiger partial charge on any atom is -0.333 e. The summed E-state index contributed by atoms with van der Waals surface area (Å²) >= 11 is 0. The molecule has 0 aliphatic heterocycles. The van der Waals surface area contributed by atoms with Gasteiger partial charge in [-0.15, -0.1) is 0 Å². The van der Waals surface area contributed by atoms with E-state index in [0.29, 0.717) is 0 Å². The molecule has 2 heterocycles. The maximum Gasteiger partial charge on any atom is 0.0566 e. The van der Waals surface area contributed by atoms with Crippen LogP contribution in [0.2, 0.25) is 0 Å². The molecule has 1 atom stereocenters. The van der Waals surface area contributed by atoms with Gasteiger partial charge in [0.15, 0.2) is 0 Å². The first-order valence-electron chi connectivity index (χ1n) is 20.2. The molecule has 0 spiro atoms. The molecule has 10 aromatic rings. The molecule has 0 saturated heterocycles. The lowest BCUT2D eigenvalue weighted by Crippen LogP contribution is -2.15. The van der Waals surface area contributed by atoms with Gasteiger partial charge in [-0.25, -0.2) is 0 Å². The molecular formula is C55H40N2. The largest absolute Gasteiger partial charge is 0.333 e. The summed E-state index contributed by atoms with van der Waals surface area (Å²) in [5, 5.41) is 5.16. The van der Waals surface area contributed by atoms with Gasteiger partial charge < -0.3 is 9.13 Å². The van der Waals surface area contributed by atoms with E-state index >= 15 is 0 Å². The van der Waals surface area contributed by atoms with Crippen molar-refractivity contribution in [3.05, 3.63) is 204 Å². The van der Waals surface area contributed by atoms with Gasteiger partial charge in [0.05, 0.1) is 22.6 Å². The van der Waals surface area contributed by atoms with Crippen LogP contribution in [-0.2, 0) is 11.8 Å². The smallest absolute Gasteiger partial charge is 0.0566 e. The SMILES string of the molecule is CC1(C)c2ccccc2-c2cc3c(cc21)c1cc(-c2ccc4c(c2)c2ccccc2n4-c2cccc(-c4ccccc4)c2)ccc1n3C1C=Cc2ccccc2C1. The number of allylic oxidation sites excluding steroid dienone is 1. The van der Waals surface area contributed by atoms with Gasteiger partial charge in [0.1, 0.15) is 0 Å². The Morgan fingerprint density at radius 3 is 2.00 bits per heavy atom. The summed E-state index contributed by atoms with van der Waals surface area (Å²) in [6, 6.07) is 65.8. The zero-order valence-corrected chi connectivity index (χ0v) is 32.1. The Kier molecular flexibility index (Phi) is 6.84. The standard InChI is InChI=1S/C55H40N2/c1-55(2)49-21-10-8-19-43(49)45-34-54-48(33-50(45)55)47-32-40(25-28-53(47)57(54)42-26-23-36-15-6-7-16-37(36)30-42)39-24-27-52-46(31-39)44-20-9-11-22-51(44)56(52)41-18-12-17-38(29-41)35-13-4-3-5-14-35/h3-29,31-34,42H,30H2,1-2H3. The first-order chi connectivity index (χ1) is 28.0. The first-order valence-corrected chi connectivity index (χ1v) is 20.2. The number of hydrogen-bond donors (Lipinski definition) is 0. The van der Waals surface area contributed by atoms with Crippen LogP contribution in [0.1, 0.15) is 42.1 Å². The van der Waals surface area contributed by atoms with Gasteiger partial charge in [0, 0.05) is 38.2 Å². The Balaban J connectivity index is 1.05. The summed E-state index contributed by atoms with van der Waals surface area (Å²) in [5.74, 6) is 0. The highest BCUT2D eigenvalue weighted by atomic mass is 15.0. The molecule has 8 aromatic carbocycles. The molecule has 2 nitrogen and oxygen atoms in total. The second-order valence-electron chi connectivity index (χ2n) is 16.5. The molecule has 0 radical (unpaired) electrons. The molecule has 2 heteroatoms. The van der Waals surface area contributed by atoms with Gasteiger partial charge in [0.2, 0.25) is 0 Å². The average molecular weight is 729 g/mol. The molecule has 2 aromatic heterocycles. The Morgan fingerprint density at radius 2 is 1.12 bits per heavy atom. The van der Waals surface area contributed by atoms with E-state index in [4.69, 9.17) is 0 Å². The van der Waals surface area contributed by atoms with E-state index in [9.17, 15) is 0 Å². The molecule has 57 heavy (non-hydrogen) atoms. The van der Waals surface area contributed by atoms with Crippen LogP contribution < -0.4 is 0 Å². The van der Waals surface area contributed by atoms with Gasteiger partial charge in [-0.1, -0.05) is 147 Å². The van der Waals surface area contributed by atoms with Gasteiger partial charge in [-0.05, 0) is 117 Å². The van der Waals surface area contributed by atoms with Crippen molar-refractivity contribution in [3.63, 3.8) is 0 Å². The number of fused-ring (bicyclic) bond motifs is 10. The molecule has 2 aliphatic rings. The van der Waals surface area contributed by atoms with Crippen LogP contribution in [0.5, 0.6) is 0 Å². The van der Waals surface area contributed by atoms with E-state index < -0.39 is 0 Å². The van der Waals surface area contributed by atoms with E-state index in [1.807, 2.05) is 0 Å². The van der Waals surface area contributed by atoms with Gasteiger partial charge in [-0.2, -0.15) is 0 Å². The molecular weight excluding hydrogens is 689 g/mol. The summed E-state index contributed by atoms with van der Waals surface area (Å²) in [6.07, 6.45) is 5.71. The zero-order chi connectivity index (χ0) is 37.8. The Hall–Kier alpha value is -6.90. The van der Waals surface area contributed by atoms with Crippen molar-refractivity contribution in [2.24, 2.45) is 0 Å². The number of para-hydroxylation sites is 1. The normalized spacial score (nSPS) is 15.4. The molecule has 1 unspecified atom stereocenters. The molecule has 0 fully saturated rings. The van der Waals surface area contributed by atoms with Crippen LogP contribution in [0.15, 0.2) is 182 Å². The maximum absolute atomic E-state index is 2.62. The van der Waals surface area contributed by atoms with Gasteiger partial charge in [0.25, 0.3) is 0 Å². The van der Waals surface area contributed by atoms with E-state index in [0.717, 1.165) is 6.42 Å². The second-order valence-corrected chi connectivity index (χ2v) is 16.5. The third-order valence-electron chi connectivity index (χ3n) is 13.0. The molecule has 0 saturated carbocycles. The fraction of sp³-hybridized carbons (Fsp3) is 0.0909. The Labute approximate surface area is 332 Å². The predicted octanol–water partition coefficient (Wildman–Crippen LogP) is 14.3. The highest BCUT2D eigenvalue weighted by Gasteiger charge is 2.36. The molecule has 270 valence electrons. The average Bonchev–Trinajstić information content (AvgIpc) is 3.85. The number of rotatable bonds is 4. The first kappa shape index (κ1) is 32.4. The predicted molar refractivity (Wildman–Crippen MR) is 240 cm³/mol. The lowest BCUT2D eigenvalue weighted by molar-refractivity contribution is 0.635. The molecule has 2 aliphatic carbocycles. The lowest BCUT2D eigenvalue weighted by atomic mass is 9.82. The third-order valence-corrected chi connectivity index (χ3v) is 13.0. The summed E-state index contributed by atoms with van der Waals surface area (Å²) in [5.41, 5.74) is 19.3. The summed E-state index contributed by atoms with van der Waals surface area (Å²) in [4.78, 5) is 0. The van der Waals surface area contributed by atoms with Crippen molar-refractivity contribution in [2.75, 3.05) is 0 Å². The van der Waals surface area contributed by atoms with Crippen LogP contribution in [-0.4, -0.2) is 9.13 Å². The molecule has 0 bridgehead atoms. The van der Waals surface area contributed by atoms with E-state index in [2.05, 4.69) is 211 Å². The lowest BCUT2D eigenvalue weighted by Gasteiger charge is -2.24. The molecule has 12 rings (SSSR count). The zero-order valence-electron chi connectivity index (χ0n) is 32.1. The van der Waals surface area contributed by atoms with Crippen LogP contribution in [0.25, 0.3) is 88.8 Å². The molecule has 0 N–H and O–H groups in total. The monoisotopic (exact) mass is 728 g/mol. The third kappa shape index (κ3) is 4.77. The van der Waals surface area contributed by atoms with Crippen molar-refractivity contribution >= 4 is 49.7 Å². The fourth-order valence-electron chi connectivity index (χ4n) is 10.2. The van der Waals surface area contributed by atoms with Crippen LogP contribution in [0.4, 0.5) is 0 Å². The van der Waals surface area contributed by atoms with Crippen molar-refractivity contribution in [1.29, 1.82) is 0 Å². The Bertz CT molecular complexity index is 3300. The highest BCUT2D eigenvalue weighted by molar-refractivity contribution is 6.13. The highest BCUT2D eigenvalue weighted by Crippen LogP contribution is 2.51. The number of hydrogen-bond acceptors (Lipinski definition) is 0. The summed E-state index contributed by atoms with van der Waals surface area (Å²) in [7, 11) is 0. The topological polar surface area (TPSA) is 9.86 Å². The maximum atomic E-state index is 2.62. The van der Waals surface area contributed by atoms with E-state index in [1.165, 1.54) is 105 Å². The van der Waals surface area contributed by atoms with Gasteiger partial charge >= 0.3 is 0 Å². The second kappa shape index (κ2) is 12.0. The van der Waals surface area contributed by atoms with Crippen molar-refractivity contribution in [3.8, 4) is 39.1 Å². The molecule has 0 amide bonds. The van der Waals surface area contributed by atoms with Crippen LogP contribution in [0.3, 0.4) is 0 Å². The minimum absolute atomic E-state index is 0.0737. The fourth-order valence-corrected chi connectivity index (χ4v) is 10.2. The van der Waals surface area contributed by atoms with Crippen molar-refractivity contribution < 1.29 is 0 Å². The van der Waals surface area contributed by atoms with Crippen molar-refractivity contribution in [2.45, 2.75) is 31.7 Å². The summed E-state index contributed by atoms with van der Waals surface area (Å²) in [6.45, 7) is 4.77. The quantitative estimate of drug-likeness (QED) is 0.171. The van der Waals surface area contributed by atoms with E-state index in [-0.39, 0.29) is 11.5 Å².